The molecule has 154 valence electrons. The molecule has 0 saturated heterocycles. The molecule has 0 bridgehead atoms. The van der Waals surface area contributed by atoms with Crippen molar-refractivity contribution in [1.82, 2.24) is 5.43 Å². The molecule has 0 atom stereocenters. The highest BCUT2D eigenvalue weighted by Crippen LogP contribution is 2.16. The van der Waals surface area contributed by atoms with Gasteiger partial charge in [-0.2, -0.15) is 5.10 Å². The Kier molecular flexibility index (Phi) is 7.51. The van der Waals surface area contributed by atoms with Gasteiger partial charge in [-0.1, -0.05) is 55.8 Å². The van der Waals surface area contributed by atoms with Crippen molar-refractivity contribution in [3.63, 3.8) is 0 Å². The minimum atomic E-state index is -0.210. The number of rotatable bonds is 8. The van der Waals surface area contributed by atoms with Crippen LogP contribution in [0.15, 0.2) is 71.1 Å². The molecule has 6 heteroatoms. The normalized spacial score (nSPS) is 11.2. The fourth-order valence-electron chi connectivity index (χ4n) is 2.92. The average molecular weight is 420 g/mol. The maximum Gasteiger partial charge on any atom is 0.272 e. The molecule has 3 rings (SSSR count). The van der Waals surface area contributed by atoms with Crippen LogP contribution in [0.25, 0.3) is 0 Å². The smallest absolute Gasteiger partial charge is 0.272 e. The summed E-state index contributed by atoms with van der Waals surface area (Å²) in [5, 5.41) is 8.96. The molecule has 2 amide bonds. The number of hydrazone groups is 1. The number of carbonyl (C=O) groups excluding carboxylic acids is 2. The first kappa shape index (κ1) is 21.5. The first-order chi connectivity index (χ1) is 14.5. The number of nitrogens with zero attached hydrogens (tertiary/aromatic N) is 1. The lowest BCUT2D eigenvalue weighted by Gasteiger charge is -2.07. The van der Waals surface area contributed by atoms with Gasteiger partial charge in [-0.05, 0) is 42.7 Å². The lowest BCUT2D eigenvalue weighted by molar-refractivity contribution is -0.115. The third kappa shape index (κ3) is 6.12. The van der Waals surface area contributed by atoms with Crippen LogP contribution in [0.2, 0.25) is 0 Å². The summed E-state index contributed by atoms with van der Waals surface area (Å²) in [7, 11) is 0. The zero-order chi connectivity index (χ0) is 21.3. The summed E-state index contributed by atoms with van der Waals surface area (Å²) < 4.78 is 0. The number of aryl methyl sites for hydroxylation is 1. The summed E-state index contributed by atoms with van der Waals surface area (Å²) in [6.07, 6.45) is 2.37. The third-order valence-corrected chi connectivity index (χ3v) is 5.53. The maximum atomic E-state index is 12.3. The molecule has 0 radical (unpaired) electrons. The predicted molar refractivity (Wildman–Crippen MR) is 123 cm³/mol. The predicted octanol–water partition coefficient (Wildman–Crippen LogP) is 5.04. The quantitative estimate of drug-likeness (QED) is 0.397. The van der Waals surface area contributed by atoms with E-state index in [1.54, 1.807) is 11.3 Å². The fraction of sp³-hybridized carbons (Fsp3) is 0.208. The van der Waals surface area contributed by atoms with Gasteiger partial charge in [0.05, 0.1) is 17.7 Å². The van der Waals surface area contributed by atoms with Crippen LogP contribution < -0.4 is 10.7 Å². The fourth-order valence-corrected chi connectivity index (χ4v) is 3.89. The summed E-state index contributed by atoms with van der Waals surface area (Å²) in [4.78, 5) is 25.6. The number of hydrogen-bond acceptors (Lipinski definition) is 4. The van der Waals surface area contributed by atoms with Crippen molar-refractivity contribution < 1.29 is 9.59 Å². The van der Waals surface area contributed by atoms with Crippen LogP contribution in [0.5, 0.6) is 0 Å². The minimum Gasteiger partial charge on any atom is -0.326 e. The maximum absolute atomic E-state index is 12.3. The van der Waals surface area contributed by atoms with Gasteiger partial charge < -0.3 is 5.32 Å². The van der Waals surface area contributed by atoms with Crippen LogP contribution in [0, 0.1) is 0 Å². The largest absolute Gasteiger partial charge is 0.326 e. The van der Waals surface area contributed by atoms with E-state index >= 15 is 0 Å². The molecule has 0 spiro atoms. The number of nitrogens with one attached hydrogen (secondary N) is 2. The number of anilines is 1. The monoisotopic (exact) mass is 419 g/mol. The number of hydrogen-bond donors (Lipinski definition) is 2. The molecule has 0 unspecified atom stereocenters. The van der Waals surface area contributed by atoms with Crippen molar-refractivity contribution in [3.8, 4) is 0 Å². The molecule has 0 aliphatic heterocycles. The van der Waals surface area contributed by atoms with Crippen LogP contribution >= 0.6 is 11.3 Å². The Morgan fingerprint density at radius 1 is 1.00 bits per heavy atom. The molecule has 3 aromatic rings. The molecule has 0 saturated carbocycles. The van der Waals surface area contributed by atoms with E-state index in [0.29, 0.717) is 17.7 Å². The van der Waals surface area contributed by atoms with Gasteiger partial charge in [0.25, 0.3) is 5.91 Å². The van der Waals surface area contributed by atoms with Gasteiger partial charge in [0, 0.05) is 15.9 Å². The summed E-state index contributed by atoms with van der Waals surface area (Å²) in [6, 6.07) is 18.9. The Bertz CT molecular complexity index is 1020. The van der Waals surface area contributed by atoms with E-state index in [1.807, 2.05) is 73.0 Å². The molecule has 0 fully saturated rings. The van der Waals surface area contributed by atoms with Crippen molar-refractivity contribution in [1.29, 1.82) is 0 Å². The number of amides is 2. The van der Waals surface area contributed by atoms with E-state index in [1.165, 1.54) is 4.88 Å². The molecule has 0 aliphatic rings. The van der Waals surface area contributed by atoms with Gasteiger partial charge in [0.1, 0.15) is 0 Å². The summed E-state index contributed by atoms with van der Waals surface area (Å²) in [6.45, 7) is 3.95. The van der Waals surface area contributed by atoms with Gasteiger partial charge in [-0.3, -0.25) is 9.59 Å². The Morgan fingerprint density at radius 2 is 1.73 bits per heavy atom. The first-order valence-corrected chi connectivity index (χ1v) is 10.8. The van der Waals surface area contributed by atoms with Crippen LogP contribution in [0.1, 0.15) is 46.6 Å². The summed E-state index contributed by atoms with van der Waals surface area (Å²) in [5.74, 6) is -0.275. The SMILES string of the molecule is CCCc1cc(C(=O)N/N=C(/C)c2ccc(NC(=O)Cc3ccccc3)cc2)cs1. The third-order valence-electron chi connectivity index (χ3n) is 4.53. The number of benzene rings is 2. The van der Waals surface area contributed by atoms with Gasteiger partial charge >= 0.3 is 0 Å². The topological polar surface area (TPSA) is 70.6 Å². The van der Waals surface area contributed by atoms with Crippen LogP contribution in [0.3, 0.4) is 0 Å². The van der Waals surface area contributed by atoms with Gasteiger partial charge in [-0.15, -0.1) is 11.3 Å². The van der Waals surface area contributed by atoms with Gasteiger partial charge in [-0.25, -0.2) is 5.43 Å². The van der Waals surface area contributed by atoms with E-state index < -0.39 is 0 Å². The zero-order valence-electron chi connectivity index (χ0n) is 17.1. The lowest BCUT2D eigenvalue weighted by Crippen LogP contribution is -2.18. The second-order valence-electron chi connectivity index (χ2n) is 6.98. The second kappa shape index (κ2) is 10.5. The minimum absolute atomic E-state index is 0.0650. The Hall–Kier alpha value is -3.25. The molecule has 2 aromatic carbocycles. The molecule has 2 N–H and O–H groups in total. The van der Waals surface area contributed by atoms with Crippen LogP contribution in [-0.4, -0.2) is 17.5 Å². The van der Waals surface area contributed by atoms with E-state index in [4.69, 9.17) is 0 Å². The zero-order valence-corrected chi connectivity index (χ0v) is 18.0. The Morgan fingerprint density at radius 3 is 2.43 bits per heavy atom. The van der Waals surface area contributed by atoms with Crippen molar-refractivity contribution >= 4 is 34.6 Å². The Balaban J connectivity index is 1.55. The second-order valence-corrected chi connectivity index (χ2v) is 7.97. The molecule has 0 aliphatic carbocycles. The lowest BCUT2D eigenvalue weighted by atomic mass is 10.1. The van der Waals surface area contributed by atoms with E-state index in [-0.39, 0.29) is 11.8 Å². The molecule has 1 aromatic heterocycles. The van der Waals surface area contributed by atoms with Crippen molar-refractivity contribution in [2.45, 2.75) is 33.1 Å². The van der Waals surface area contributed by atoms with Crippen LogP contribution in [0.4, 0.5) is 5.69 Å². The Labute approximate surface area is 180 Å². The molecule has 1 heterocycles. The number of thiophene rings is 1. The molecular formula is C24H25N3O2S. The highest BCUT2D eigenvalue weighted by Gasteiger charge is 2.09. The van der Waals surface area contributed by atoms with E-state index in [9.17, 15) is 9.59 Å². The summed E-state index contributed by atoms with van der Waals surface area (Å²) >= 11 is 1.60. The standard InChI is InChI=1S/C24H25N3O2S/c1-3-7-22-15-20(16-30-22)24(29)27-26-17(2)19-10-12-21(13-11-19)25-23(28)14-18-8-5-4-6-9-18/h4-6,8-13,15-16H,3,7,14H2,1-2H3,(H,25,28)(H,27,29)/b26-17-. The molecular weight excluding hydrogens is 394 g/mol. The van der Waals surface area contributed by atoms with Crippen molar-refractivity contribution in [3.05, 3.63) is 87.6 Å². The highest BCUT2D eigenvalue weighted by molar-refractivity contribution is 7.10. The van der Waals surface area contributed by atoms with E-state index in [0.717, 1.165) is 29.7 Å². The summed E-state index contributed by atoms with van der Waals surface area (Å²) in [5.41, 5.74) is 6.50. The van der Waals surface area contributed by atoms with Gasteiger partial charge in [0.15, 0.2) is 0 Å². The van der Waals surface area contributed by atoms with Crippen molar-refractivity contribution in [2.24, 2.45) is 5.10 Å². The average Bonchev–Trinajstić information content (AvgIpc) is 3.22. The van der Waals surface area contributed by atoms with Crippen LogP contribution in [-0.2, 0) is 17.6 Å². The molecule has 5 nitrogen and oxygen atoms in total. The molecule has 30 heavy (non-hydrogen) atoms. The van der Waals surface area contributed by atoms with Gasteiger partial charge in [0.2, 0.25) is 5.91 Å². The first-order valence-electron chi connectivity index (χ1n) is 9.91. The van der Waals surface area contributed by atoms with E-state index in [2.05, 4.69) is 22.8 Å². The number of carbonyl (C=O) groups is 2. The van der Waals surface area contributed by atoms with Crippen molar-refractivity contribution in [2.75, 3.05) is 5.32 Å². The highest BCUT2D eigenvalue weighted by atomic mass is 32.1.